The zero-order chi connectivity index (χ0) is 20.9. The lowest BCUT2D eigenvalue weighted by atomic mass is 9.70. The van der Waals surface area contributed by atoms with Crippen molar-refractivity contribution in [3.63, 3.8) is 0 Å². The molecule has 4 aliphatic heterocycles. The first-order valence-corrected chi connectivity index (χ1v) is 11.0. The van der Waals surface area contributed by atoms with Crippen LogP contribution in [0.15, 0.2) is 0 Å². The number of rotatable bonds is 10. The summed E-state index contributed by atoms with van der Waals surface area (Å²) < 4.78 is 17.7. The van der Waals surface area contributed by atoms with Crippen LogP contribution in [0.3, 0.4) is 0 Å². The van der Waals surface area contributed by atoms with Gasteiger partial charge in [-0.25, -0.2) is 4.79 Å². The maximum absolute atomic E-state index is 12.7. The summed E-state index contributed by atoms with van der Waals surface area (Å²) in [5.41, 5.74) is -1.94. The van der Waals surface area contributed by atoms with Crippen LogP contribution in [0.2, 0.25) is 0 Å². The van der Waals surface area contributed by atoms with Gasteiger partial charge in [0.2, 0.25) is 5.54 Å². The third-order valence-corrected chi connectivity index (χ3v) is 8.45. The summed E-state index contributed by atoms with van der Waals surface area (Å²) in [6, 6.07) is 0. The molecule has 0 radical (unpaired) electrons. The van der Waals surface area contributed by atoms with Gasteiger partial charge in [-0.15, -0.1) is 0 Å². The summed E-state index contributed by atoms with van der Waals surface area (Å²) in [5.74, 6) is -1.63. The number of carbonyl (C=O) groups is 2. The molecule has 4 saturated heterocycles. The number of nitrogens with zero attached hydrogens (tertiary/aromatic N) is 1. The second-order valence-corrected chi connectivity index (χ2v) is 9.40. The Morgan fingerprint density at radius 2 is 1.66 bits per heavy atom. The van der Waals surface area contributed by atoms with Gasteiger partial charge in [0.1, 0.15) is 18.1 Å². The molecule has 4 fully saturated rings. The van der Waals surface area contributed by atoms with Gasteiger partial charge in [0.15, 0.2) is 0 Å². The van der Waals surface area contributed by atoms with Crippen LogP contribution in [0.4, 0.5) is 0 Å². The molecule has 0 aromatic heterocycles. The smallest absolute Gasteiger partial charge is 0.368 e. The average Bonchev–Trinajstić information content (AvgIpc) is 3.48. The second kappa shape index (κ2) is 7.48. The van der Waals surface area contributed by atoms with Crippen LogP contribution in [-0.4, -0.2) is 89.9 Å². The van der Waals surface area contributed by atoms with Crippen LogP contribution in [0, 0.1) is 5.41 Å². The number of likely N-dealkylation sites (N-methyl/N-ethyl adjacent to an activating group) is 1. The van der Waals surface area contributed by atoms with E-state index >= 15 is 0 Å². The van der Waals surface area contributed by atoms with Gasteiger partial charge in [0, 0.05) is 20.0 Å². The molecule has 29 heavy (non-hydrogen) atoms. The van der Waals surface area contributed by atoms with E-state index < -0.39 is 22.9 Å². The van der Waals surface area contributed by atoms with Crippen molar-refractivity contribution < 1.29 is 38.5 Å². The zero-order valence-electron chi connectivity index (χ0n) is 17.5. The van der Waals surface area contributed by atoms with Gasteiger partial charge in [-0.1, -0.05) is 0 Å². The van der Waals surface area contributed by atoms with Gasteiger partial charge in [0.05, 0.1) is 38.0 Å². The molecule has 4 rings (SSSR count). The van der Waals surface area contributed by atoms with E-state index in [9.17, 15) is 19.8 Å². The minimum Gasteiger partial charge on any atom is -0.481 e. The number of carboxylic acids is 2. The molecule has 8 heteroatoms. The molecular formula is C21H34NO7+. The molecule has 0 saturated carbocycles. The molecule has 8 nitrogen and oxygen atoms in total. The molecular weight excluding hydrogens is 378 g/mol. The Hall–Kier alpha value is -1.22. The Bertz CT molecular complexity index is 671. The Morgan fingerprint density at radius 3 is 2.07 bits per heavy atom. The fourth-order valence-electron chi connectivity index (χ4n) is 6.80. The summed E-state index contributed by atoms with van der Waals surface area (Å²) in [4.78, 5) is 25.1. The first-order valence-electron chi connectivity index (χ1n) is 11.0. The molecule has 0 aromatic carbocycles. The van der Waals surface area contributed by atoms with Crippen molar-refractivity contribution in [1.82, 2.24) is 0 Å². The number of methoxy groups -OCH3 is 1. The number of hydrogen-bond donors (Lipinski definition) is 2. The van der Waals surface area contributed by atoms with Gasteiger partial charge in [-0.2, -0.15) is 0 Å². The first-order chi connectivity index (χ1) is 13.8. The van der Waals surface area contributed by atoms with Crippen molar-refractivity contribution in [2.75, 3.05) is 33.4 Å². The lowest BCUT2D eigenvalue weighted by molar-refractivity contribution is -0.968. The number of aliphatic carboxylic acids is 2. The van der Waals surface area contributed by atoms with Gasteiger partial charge in [0.25, 0.3) is 0 Å². The number of hydrogen-bond acceptors (Lipinski definition) is 5. The molecule has 4 bridgehead atoms. The summed E-state index contributed by atoms with van der Waals surface area (Å²) in [5, 5.41) is 20.6. The van der Waals surface area contributed by atoms with Crippen molar-refractivity contribution in [2.45, 2.75) is 81.8 Å². The second-order valence-electron chi connectivity index (χ2n) is 9.40. The lowest BCUT2D eigenvalue weighted by Crippen LogP contribution is -2.73. The third kappa shape index (κ3) is 2.94. The van der Waals surface area contributed by atoms with Crippen LogP contribution in [0.25, 0.3) is 0 Å². The highest BCUT2D eigenvalue weighted by atomic mass is 16.5. The number of fused-ring (bicyclic) bond motifs is 4. The van der Waals surface area contributed by atoms with Crippen LogP contribution in [0.1, 0.15) is 51.9 Å². The third-order valence-electron chi connectivity index (χ3n) is 8.45. The molecule has 2 N–H and O–H groups in total. The van der Waals surface area contributed by atoms with Crippen LogP contribution in [0.5, 0.6) is 0 Å². The Kier molecular flexibility index (Phi) is 5.42. The Balaban J connectivity index is 1.66. The maximum atomic E-state index is 12.7. The van der Waals surface area contributed by atoms with E-state index in [4.69, 9.17) is 14.2 Å². The molecule has 0 aliphatic carbocycles. The van der Waals surface area contributed by atoms with Crippen molar-refractivity contribution in [2.24, 2.45) is 5.41 Å². The fourth-order valence-corrected chi connectivity index (χ4v) is 6.80. The van der Waals surface area contributed by atoms with Crippen LogP contribution >= 0.6 is 0 Å². The molecule has 7 atom stereocenters. The normalized spacial score (nSPS) is 42.3. The Morgan fingerprint density at radius 1 is 1.00 bits per heavy atom. The molecule has 0 aromatic rings. The van der Waals surface area contributed by atoms with E-state index in [1.165, 1.54) is 0 Å². The van der Waals surface area contributed by atoms with E-state index in [1.807, 2.05) is 6.92 Å². The van der Waals surface area contributed by atoms with E-state index in [-0.39, 0.29) is 24.4 Å². The number of quaternary nitrogens is 1. The topological polar surface area (TPSA) is 102 Å². The van der Waals surface area contributed by atoms with Crippen molar-refractivity contribution in [3.8, 4) is 0 Å². The summed E-state index contributed by atoms with van der Waals surface area (Å²) in [6.45, 7) is 4.07. The minimum atomic E-state index is -1.03. The predicted molar refractivity (Wildman–Crippen MR) is 102 cm³/mol. The van der Waals surface area contributed by atoms with E-state index in [1.54, 1.807) is 7.11 Å². The highest BCUT2D eigenvalue weighted by Gasteiger charge is 2.69. The summed E-state index contributed by atoms with van der Waals surface area (Å²) >= 11 is 0. The number of carboxylic acid groups (broad SMARTS) is 2. The van der Waals surface area contributed by atoms with Crippen molar-refractivity contribution in [3.05, 3.63) is 0 Å². The minimum absolute atomic E-state index is 0.0121. The Labute approximate surface area is 171 Å². The zero-order valence-corrected chi connectivity index (χ0v) is 17.5. The largest absolute Gasteiger partial charge is 0.481 e. The van der Waals surface area contributed by atoms with Gasteiger partial charge in [-0.3, -0.25) is 4.79 Å². The standard InChI is InChI=1S/C21H33NO7/c1-3-22(10-11-27-2,21(19(25)26)13-15-5-7-17(21)29-15)9-8-20(18(23)24)12-14-4-6-16(20)28-14/h14-17H,3-13H2,1-2H3,(H-,23,24,25,26)/p+1. The monoisotopic (exact) mass is 412 g/mol. The highest BCUT2D eigenvalue weighted by molar-refractivity contribution is 5.79. The lowest BCUT2D eigenvalue weighted by Gasteiger charge is -2.52. The average molecular weight is 413 g/mol. The predicted octanol–water partition coefficient (Wildman–Crippen LogP) is 1.66. The summed E-state index contributed by atoms with van der Waals surface area (Å²) in [6.07, 6.45) is 4.24. The van der Waals surface area contributed by atoms with Crippen molar-refractivity contribution >= 4 is 11.9 Å². The molecule has 4 aliphatic rings. The summed E-state index contributed by atoms with van der Waals surface area (Å²) in [7, 11) is 1.62. The highest BCUT2D eigenvalue weighted by Crippen LogP contribution is 2.53. The maximum Gasteiger partial charge on any atom is 0.368 e. The van der Waals surface area contributed by atoms with E-state index in [2.05, 4.69) is 0 Å². The molecule has 0 amide bonds. The number of ether oxygens (including phenoxy) is 3. The molecule has 164 valence electrons. The van der Waals surface area contributed by atoms with Gasteiger partial charge < -0.3 is 28.9 Å². The van der Waals surface area contributed by atoms with Crippen LogP contribution in [-0.2, 0) is 23.8 Å². The molecule has 7 unspecified atom stereocenters. The van der Waals surface area contributed by atoms with E-state index in [0.29, 0.717) is 50.0 Å². The van der Waals surface area contributed by atoms with Crippen LogP contribution < -0.4 is 0 Å². The molecule has 4 heterocycles. The van der Waals surface area contributed by atoms with Crippen molar-refractivity contribution in [1.29, 1.82) is 0 Å². The van der Waals surface area contributed by atoms with Gasteiger partial charge in [-0.05, 0) is 39.0 Å². The SMILES string of the molecule is CC[N+](CCOC)(CCC1(C(=O)O)CC2CCC1O2)C1(C(=O)O)CC2CCC1O2. The molecule has 0 spiro atoms. The quantitative estimate of drug-likeness (QED) is 0.526. The van der Waals surface area contributed by atoms with E-state index in [0.717, 1.165) is 25.7 Å². The first kappa shape index (κ1) is 21.0. The van der Waals surface area contributed by atoms with Gasteiger partial charge >= 0.3 is 11.9 Å². The fraction of sp³-hybridized carbons (Fsp3) is 0.905.